The van der Waals surface area contributed by atoms with Crippen LogP contribution in [0.1, 0.15) is 5.56 Å². The van der Waals surface area contributed by atoms with Crippen molar-refractivity contribution in [1.82, 2.24) is 4.98 Å². The van der Waals surface area contributed by atoms with Crippen LogP contribution in [0.3, 0.4) is 0 Å². The van der Waals surface area contributed by atoms with Crippen molar-refractivity contribution >= 4 is 10.9 Å². The zero-order chi connectivity index (χ0) is 27.6. The van der Waals surface area contributed by atoms with Crippen LogP contribution >= 0.6 is 0 Å². The highest BCUT2D eigenvalue weighted by Crippen LogP contribution is 2.35. The van der Waals surface area contributed by atoms with Crippen LogP contribution in [-0.2, 0) is 0 Å². The normalized spacial score (nSPS) is 11.0. The molecule has 1 nitrogen and oxygen atoms in total. The molecule has 194 valence electrons. The number of benzene rings is 6. The standard InChI is InChI=1S/C40H29N/c1-28-22-40(41-39-21-9-8-20-38(28)39)34-19-11-17-32(24-34)31-16-10-18-33(23-31)37-26-35(29-12-4-2-5-13-29)25-36(27-37)30-14-6-3-7-15-30/h2-27H,1H3. The van der Waals surface area contributed by atoms with Crippen LogP contribution in [-0.4, -0.2) is 4.98 Å². The summed E-state index contributed by atoms with van der Waals surface area (Å²) in [5.41, 5.74) is 14.0. The van der Waals surface area contributed by atoms with Crippen molar-refractivity contribution in [3.8, 4) is 55.8 Å². The molecule has 0 saturated carbocycles. The highest BCUT2D eigenvalue weighted by Gasteiger charge is 2.10. The lowest BCUT2D eigenvalue weighted by Gasteiger charge is -2.13. The summed E-state index contributed by atoms with van der Waals surface area (Å²) in [5, 5.41) is 1.20. The molecule has 0 fully saturated rings. The monoisotopic (exact) mass is 523 g/mol. The fourth-order valence-electron chi connectivity index (χ4n) is 5.62. The molecule has 0 amide bonds. The zero-order valence-corrected chi connectivity index (χ0v) is 23.0. The van der Waals surface area contributed by atoms with E-state index in [9.17, 15) is 0 Å². The van der Waals surface area contributed by atoms with Crippen LogP contribution < -0.4 is 0 Å². The summed E-state index contributed by atoms with van der Waals surface area (Å²) >= 11 is 0. The van der Waals surface area contributed by atoms with E-state index in [2.05, 4.69) is 165 Å². The minimum atomic E-state index is 1.00. The van der Waals surface area contributed by atoms with E-state index in [4.69, 9.17) is 4.98 Å². The minimum Gasteiger partial charge on any atom is -0.248 e. The van der Waals surface area contributed by atoms with Gasteiger partial charge in [0.15, 0.2) is 0 Å². The van der Waals surface area contributed by atoms with Gasteiger partial charge in [0, 0.05) is 10.9 Å². The van der Waals surface area contributed by atoms with E-state index in [0.29, 0.717) is 0 Å². The Bertz CT molecular complexity index is 1930. The third-order valence-corrected chi connectivity index (χ3v) is 7.76. The van der Waals surface area contributed by atoms with Crippen LogP contribution in [0.4, 0.5) is 0 Å². The maximum atomic E-state index is 4.98. The van der Waals surface area contributed by atoms with Crippen LogP contribution in [0.2, 0.25) is 0 Å². The fraction of sp³-hybridized carbons (Fsp3) is 0.0250. The summed E-state index contributed by atoms with van der Waals surface area (Å²) in [7, 11) is 0. The number of fused-ring (bicyclic) bond motifs is 1. The SMILES string of the molecule is Cc1cc(-c2cccc(-c3cccc(-c4cc(-c5ccccc5)cc(-c5ccccc5)c4)c3)c2)nc2ccccc12. The molecule has 1 heterocycles. The molecule has 0 N–H and O–H groups in total. The molecule has 0 radical (unpaired) electrons. The van der Waals surface area contributed by atoms with E-state index < -0.39 is 0 Å². The first kappa shape index (κ1) is 24.7. The smallest absolute Gasteiger partial charge is 0.0712 e. The van der Waals surface area contributed by atoms with E-state index in [0.717, 1.165) is 16.8 Å². The highest BCUT2D eigenvalue weighted by molar-refractivity contribution is 5.86. The predicted molar refractivity (Wildman–Crippen MR) is 174 cm³/mol. The van der Waals surface area contributed by atoms with Gasteiger partial charge >= 0.3 is 0 Å². The summed E-state index contributed by atoms with van der Waals surface area (Å²) in [6.45, 7) is 2.16. The van der Waals surface area contributed by atoms with Crippen molar-refractivity contribution in [2.24, 2.45) is 0 Å². The van der Waals surface area contributed by atoms with Crippen LogP contribution in [0.15, 0.2) is 158 Å². The van der Waals surface area contributed by atoms with Crippen molar-refractivity contribution in [2.45, 2.75) is 6.92 Å². The summed E-state index contributed by atoms with van der Waals surface area (Å²) in [6, 6.07) is 56.3. The third kappa shape index (κ3) is 5.06. The topological polar surface area (TPSA) is 12.9 Å². The molecule has 1 heteroatoms. The lowest BCUT2D eigenvalue weighted by Crippen LogP contribution is -1.90. The Morgan fingerprint density at radius 3 is 1.37 bits per heavy atom. The van der Waals surface area contributed by atoms with Crippen molar-refractivity contribution in [1.29, 1.82) is 0 Å². The number of rotatable bonds is 5. The minimum absolute atomic E-state index is 1.00. The predicted octanol–water partition coefficient (Wildman–Crippen LogP) is 10.9. The van der Waals surface area contributed by atoms with Gasteiger partial charge in [-0.1, -0.05) is 115 Å². The molecule has 0 aliphatic rings. The van der Waals surface area contributed by atoms with E-state index in [1.54, 1.807) is 0 Å². The lowest BCUT2D eigenvalue weighted by molar-refractivity contribution is 1.36. The molecule has 7 aromatic rings. The number of hydrogen-bond acceptors (Lipinski definition) is 1. The quantitative estimate of drug-likeness (QED) is 0.219. The second-order valence-corrected chi connectivity index (χ2v) is 10.5. The lowest BCUT2D eigenvalue weighted by atomic mass is 9.92. The number of hydrogen-bond donors (Lipinski definition) is 0. The van der Waals surface area contributed by atoms with Gasteiger partial charge in [0.2, 0.25) is 0 Å². The summed E-state index contributed by atoms with van der Waals surface area (Å²) in [4.78, 5) is 4.98. The Hall–Kier alpha value is -5.27. The Balaban J connectivity index is 1.31. The summed E-state index contributed by atoms with van der Waals surface area (Å²) < 4.78 is 0. The average Bonchev–Trinajstić information content (AvgIpc) is 3.05. The van der Waals surface area contributed by atoms with E-state index >= 15 is 0 Å². The van der Waals surface area contributed by atoms with Gasteiger partial charge in [0.1, 0.15) is 0 Å². The zero-order valence-electron chi connectivity index (χ0n) is 23.0. The second-order valence-electron chi connectivity index (χ2n) is 10.5. The first-order valence-corrected chi connectivity index (χ1v) is 14.0. The third-order valence-electron chi connectivity index (χ3n) is 7.76. The Labute approximate surface area is 241 Å². The fourth-order valence-corrected chi connectivity index (χ4v) is 5.62. The molecule has 0 spiro atoms. The number of para-hydroxylation sites is 1. The van der Waals surface area contributed by atoms with Crippen molar-refractivity contribution in [3.05, 3.63) is 163 Å². The number of aromatic nitrogens is 1. The van der Waals surface area contributed by atoms with E-state index in [1.165, 1.54) is 55.5 Å². The molecule has 6 aromatic carbocycles. The molecule has 0 unspecified atom stereocenters. The molecule has 41 heavy (non-hydrogen) atoms. The molecular formula is C40H29N. The first-order valence-electron chi connectivity index (χ1n) is 14.0. The van der Waals surface area contributed by atoms with Gasteiger partial charge in [-0.25, -0.2) is 4.98 Å². The van der Waals surface area contributed by atoms with Crippen LogP contribution in [0, 0.1) is 6.92 Å². The van der Waals surface area contributed by atoms with Gasteiger partial charge in [0.05, 0.1) is 11.2 Å². The molecule has 0 saturated heterocycles. The van der Waals surface area contributed by atoms with Crippen LogP contribution in [0.5, 0.6) is 0 Å². The Morgan fingerprint density at radius 1 is 0.341 bits per heavy atom. The van der Waals surface area contributed by atoms with Gasteiger partial charge in [-0.2, -0.15) is 0 Å². The first-order chi connectivity index (χ1) is 20.2. The van der Waals surface area contributed by atoms with Crippen molar-refractivity contribution in [3.63, 3.8) is 0 Å². The van der Waals surface area contributed by atoms with Crippen molar-refractivity contribution in [2.75, 3.05) is 0 Å². The average molecular weight is 524 g/mol. The molecule has 1 aromatic heterocycles. The number of nitrogens with zero attached hydrogens (tertiary/aromatic N) is 1. The van der Waals surface area contributed by atoms with E-state index in [1.807, 2.05) is 0 Å². The molecule has 0 aliphatic carbocycles. The number of pyridine rings is 1. The van der Waals surface area contributed by atoms with E-state index in [-0.39, 0.29) is 0 Å². The van der Waals surface area contributed by atoms with Crippen LogP contribution in [0.25, 0.3) is 66.7 Å². The highest BCUT2D eigenvalue weighted by atomic mass is 14.7. The molecule has 0 bridgehead atoms. The molecular weight excluding hydrogens is 494 g/mol. The maximum absolute atomic E-state index is 4.98. The Morgan fingerprint density at radius 2 is 0.756 bits per heavy atom. The van der Waals surface area contributed by atoms with Gasteiger partial charge in [-0.15, -0.1) is 0 Å². The largest absolute Gasteiger partial charge is 0.248 e. The number of aryl methyl sites for hydroxylation is 1. The molecule has 0 atom stereocenters. The Kier molecular flexibility index (Phi) is 6.47. The van der Waals surface area contributed by atoms with Crippen molar-refractivity contribution < 1.29 is 0 Å². The van der Waals surface area contributed by atoms with Gasteiger partial charge < -0.3 is 0 Å². The molecule has 7 rings (SSSR count). The van der Waals surface area contributed by atoms with Gasteiger partial charge in [-0.05, 0) is 99.5 Å². The summed E-state index contributed by atoms with van der Waals surface area (Å²) in [5.74, 6) is 0. The molecule has 0 aliphatic heterocycles. The summed E-state index contributed by atoms with van der Waals surface area (Å²) in [6.07, 6.45) is 0. The maximum Gasteiger partial charge on any atom is 0.0712 e. The second kappa shape index (κ2) is 10.7. The van der Waals surface area contributed by atoms with Gasteiger partial charge in [0.25, 0.3) is 0 Å². The van der Waals surface area contributed by atoms with Gasteiger partial charge in [-0.3, -0.25) is 0 Å².